The normalized spacial score (nSPS) is 21.7. The lowest BCUT2D eigenvalue weighted by molar-refractivity contribution is 0.188. The van der Waals surface area contributed by atoms with Crippen LogP contribution in [0, 0.1) is 0 Å². The van der Waals surface area contributed by atoms with Gasteiger partial charge in [0.05, 0.1) is 18.8 Å². The third kappa shape index (κ3) is 3.06. The molecule has 1 atom stereocenters. The van der Waals surface area contributed by atoms with Crippen molar-refractivity contribution in [1.82, 2.24) is 25.3 Å². The zero-order chi connectivity index (χ0) is 18.4. The van der Waals surface area contributed by atoms with Crippen molar-refractivity contribution >= 4 is 6.03 Å². The van der Waals surface area contributed by atoms with Crippen molar-refractivity contribution < 1.29 is 9.53 Å². The number of carbonyl (C=O) groups is 1. The maximum absolute atomic E-state index is 12.7. The van der Waals surface area contributed by atoms with E-state index in [0.29, 0.717) is 6.54 Å². The monoisotopic (exact) mass is 367 g/mol. The van der Waals surface area contributed by atoms with Gasteiger partial charge in [-0.2, -0.15) is 5.10 Å². The van der Waals surface area contributed by atoms with Gasteiger partial charge in [0.1, 0.15) is 5.75 Å². The number of carbonyl (C=O) groups excluding carboxylic acids is 1. The highest BCUT2D eigenvalue weighted by Crippen LogP contribution is 2.33. The van der Waals surface area contributed by atoms with Crippen LogP contribution in [0.25, 0.3) is 11.3 Å². The molecule has 3 aliphatic heterocycles. The minimum atomic E-state index is 0.0375. The van der Waals surface area contributed by atoms with Gasteiger partial charge in [-0.15, -0.1) is 0 Å². The van der Waals surface area contributed by atoms with Crippen LogP contribution >= 0.6 is 0 Å². The molecule has 1 unspecified atom stereocenters. The number of likely N-dealkylation sites (tertiary alicyclic amines) is 1. The SMILES string of the molecule is CN1CCC(NC(=O)N2CCc3[nH]nc(-c4ccc5c(c4)CCO5)c3C2)C1. The van der Waals surface area contributed by atoms with Crippen LogP contribution in [0.15, 0.2) is 18.2 Å². The molecule has 1 fully saturated rings. The highest BCUT2D eigenvalue weighted by molar-refractivity contribution is 5.76. The van der Waals surface area contributed by atoms with Crippen molar-refractivity contribution in [3.05, 3.63) is 35.0 Å². The number of likely N-dealkylation sites (N-methyl/N-ethyl adjacent to an activating group) is 1. The molecule has 7 nitrogen and oxygen atoms in total. The number of urea groups is 1. The molecule has 3 aliphatic rings. The summed E-state index contributed by atoms with van der Waals surface area (Å²) >= 11 is 0. The van der Waals surface area contributed by atoms with Gasteiger partial charge in [0.2, 0.25) is 0 Å². The van der Waals surface area contributed by atoms with E-state index >= 15 is 0 Å². The predicted molar refractivity (Wildman–Crippen MR) is 102 cm³/mol. The number of fused-ring (bicyclic) bond motifs is 2. The zero-order valence-electron chi connectivity index (χ0n) is 15.6. The number of benzene rings is 1. The minimum Gasteiger partial charge on any atom is -0.493 e. The number of aromatic amines is 1. The molecule has 1 saturated heterocycles. The number of nitrogens with one attached hydrogen (secondary N) is 2. The Morgan fingerprint density at radius 3 is 3.11 bits per heavy atom. The van der Waals surface area contributed by atoms with Crippen molar-refractivity contribution in [2.24, 2.45) is 0 Å². The smallest absolute Gasteiger partial charge is 0.317 e. The predicted octanol–water partition coefficient (Wildman–Crippen LogP) is 1.78. The summed E-state index contributed by atoms with van der Waals surface area (Å²) < 4.78 is 5.61. The fourth-order valence-corrected chi connectivity index (χ4v) is 4.36. The summed E-state index contributed by atoms with van der Waals surface area (Å²) in [5.41, 5.74) is 5.57. The van der Waals surface area contributed by atoms with Crippen LogP contribution in [0.1, 0.15) is 23.2 Å². The second-order valence-corrected chi connectivity index (χ2v) is 7.82. The van der Waals surface area contributed by atoms with Crippen LogP contribution in [0.5, 0.6) is 5.75 Å². The molecular formula is C20H25N5O2. The molecule has 27 heavy (non-hydrogen) atoms. The highest BCUT2D eigenvalue weighted by Gasteiger charge is 2.28. The quantitative estimate of drug-likeness (QED) is 0.849. The number of aromatic nitrogens is 2. The Bertz CT molecular complexity index is 877. The molecule has 5 rings (SSSR count). The zero-order valence-corrected chi connectivity index (χ0v) is 15.6. The van der Waals surface area contributed by atoms with Crippen LogP contribution in [0.3, 0.4) is 0 Å². The second kappa shape index (κ2) is 6.56. The molecule has 7 heteroatoms. The lowest BCUT2D eigenvalue weighted by Gasteiger charge is -2.28. The third-order valence-corrected chi connectivity index (χ3v) is 5.90. The fourth-order valence-electron chi connectivity index (χ4n) is 4.36. The molecule has 2 aromatic rings. The van der Waals surface area contributed by atoms with Crippen LogP contribution in [-0.2, 0) is 19.4 Å². The van der Waals surface area contributed by atoms with Gasteiger partial charge in [-0.1, -0.05) is 0 Å². The Morgan fingerprint density at radius 1 is 1.33 bits per heavy atom. The molecule has 1 aromatic carbocycles. The van der Waals surface area contributed by atoms with Crippen molar-refractivity contribution in [3.63, 3.8) is 0 Å². The van der Waals surface area contributed by atoms with Crippen LogP contribution in [0.2, 0.25) is 0 Å². The number of amides is 2. The molecule has 2 N–H and O–H groups in total. The summed E-state index contributed by atoms with van der Waals surface area (Å²) in [7, 11) is 2.10. The van der Waals surface area contributed by atoms with Crippen LogP contribution in [-0.4, -0.2) is 65.4 Å². The van der Waals surface area contributed by atoms with Crippen molar-refractivity contribution in [2.45, 2.75) is 31.8 Å². The molecule has 0 saturated carbocycles. The molecule has 142 valence electrons. The van der Waals surface area contributed by atoms with E-state index in [4.69, 9.17) is 4.74 Å². The summed E-state index contributed by atoms with van der Waals surface area (Å²) in [4.78, 5) is 16.9. The molecular weight excluding hydrogens is 342 g/mol. The van der Waals surface area contributed by atoms with Crippen LogP contribution < -0.4 is 10.1 Å². The molecule has 2 amide bonds. The first-order valence-corrected chi connectivity index (χ1v) is 9.73. The Balaban J connectivity index is 1.35. The average Bonchev–Trinajstić information content (AvgIpc) is 3.39. The van der Waals surface area contributed by atoms with Gasteiger partial charge in [-0.25, -0.2) is 4.79 Å². The van der Waals surface area contributed by atoms with E-state index in [2.05, 4.69) is 39.6 Å². The molecule has 1 aromatic heterocycles. The minimum absolute atomic E-state index is 0.0375. The summed E-state index contributed by atoms with van der Waals surface area (Å²) in [5, 5.41) is 10.9. The maximum Gasteiger partial charge on any atom is 0.317 e. The number of rotatable bonds is 2. The molecule has 0 aliphatic carbocycles. The third-order valence-electron chi connectivity index (χ3n) is 5.90. The molecule has 4 heterocycles. The highest BCUT2D eigenvalue weighted by atomic mass is 16.5. The first-order valence-electron chi connectivity index (χ1n) is 9.73. The Morgan fingerprint density at radius 2 is 2.26 bits per heavy atom. The van der Waals surface area contributed by atoms with Gasteiger partial charge in [-0.3, -0.25) is 5.10 Å². The Hall–Kier alpha value is -2.54. The van der Waals surface area contributed by atoms with E-state index in [1.807, 2.05) is 11.0 Å². The van der Waals surface area contributed by atoms with E-state index < -0.39 is 0 Å². The lowest BCUT2D eigenvalue weighted by Crippen LogP contribution is -2.47. The van der Waals surface area contributed by atoms with Gasteiger partial charge in [0, 0.05) is 48.8 Å². The summed E-state index contributed by atoms with van der Waals surface area (Å²) in [6.07, 6.45) is 2.78. The van der Waals surface area contributed by atoms with Gasteiger partial charge in [0.15, 0.2) is 0 Å². The standard InChI is InChI=1S/C20H25N5O2/c1-24-7-4-15(11-24)21-20(26)25-8-5-17-16(12-25)19(23-22-17)14-2-3-18-13(10-14)6-9-27-18/h2-3,10,15H,4-9,11-12H2,1H3,(H,21,26)(H,22,23). The van der Waals surface area contributed by atoms with E-state index in [9.17, 15) is 4.79 Å². The van der Waals surface area contributed by atoms with Gasteiger partial charge in [-0.05, 0) is 43.8 Å². The van der Waals surface area contributed by atoms with Crippen molar-refractivity contribution in [3.8, 4) is 17.0 Å². The first-order chi connectivity index (χ1) is 13.2. The summed E-state index contributed by atoms with van der Waals surface area (Å²) in [6, 6.07) is 6.56. The van der Waals surface area contributed by atoms with E-state index in [1.54, 1.807) is 0 Å². The summed E-state index contributed by atoms with van der Waals surface area (Å²) in [6.45, 7) is 4.05. The first kappa shape index (κ1) is 16.6. The topological polar surface area (TPSA) is 73.5 Å². The van der Waals surface area contributed by atoms with Gasteiger partial charge in [0.25, 0.3) is 0 Å². The molecule has 0 bridgehead atoms. The number of ether oxygens (including phenoxy) is 1. The van der Waals surface area contributed by atoms with E-state index in [-0.39, 0.29) is 12.1 Å². The van der Waals surface area contributed by atoms with Crippen molar-refractivity contribution in [2.75, 3.05) is 33.3 Å². The largest absolute Gasteiger partial charge is 0.493 e. The average molecular weight is 367 g/mol. The van der Waals surface area contributed by atoms with Crippen LogP contribution in [0.4, 0.5) is 4.79 Å². The fraction of sp³-hybridized carbons (Fsp3) is 0.500. The van der Waals surface area contributed by atoms with Crippen molar-refractivity contribution in [1.29, 1.82) is 0 Å². The van der Waals surface area contributed by atoms with E-state index in [1.165, 1.54) is 5.56 Å². The number of H-pyrrole nitrogens is 1. The maximum atomic E-state index is 12.7. The number of hydrogen-bond acceptors (Lipinski definition) is 4. The molecule has 0 spiro atoms. The Kier molecular flexibility index (Phi) is 4.04. The Labute approximate surface area is 158 Å². The lowest BCUT2D eigenvalue weighted by atomic mass is 9.99. The summed E-state index contributed by atoms with van der Waals surface area (Å²) in [5.74, 6) is 0.977. The number of hydrogen-bond donors (Lipinski definition) is 2. The second-order valence-electron chi connectivity index (χ2n) is 7.82. The van der Waals surface area contributed by atoms with Gasteiger partial charge >= 0.3 is 6.03 Å². The number of nitrogens with zero attached hydrogens (tertiary/aromatic N) is 3. The van der Waals surface area contributed by atoms with Gasteiger partial charge < -0.3 is 19.9 Å². The van der Waals surface area contributed by atoms with E-state index in [0.717, 1.165) is 73.8 Å². The molecule has 0 radical (unpaired) electrons.